The van der Waals surface area contributed by atoms with Gasteiger partial charge in [-0.2, -0.15) is 5.10 Å². The highest BCUT2D eigenvalue weighted by atomic mass is 16.4. The Bertz CT molecular complexity index is 354. The Hall–Kier alpha value is -1.65. The largest absolute Gasteiger partial charge is 0.481 e. The summed E-state index contributed by atoms with van der Waals surface area (Å²) in [5, 5.41) is 12.4. The number of aryl methyl sites for hydroxylation is 1. The second-order valence-corrected chi connectivity index (χ2v) is 2.77. The molecule has 0 unspecified atom stereocenters. The van der Waals surface area contributed by atoms with Crippen molar-refractivity contribution >= 4 is 11.8 Å². The van der Waals surface area contributed by atoms with Gasteiger partial charge in [-0.15, -0.1) is 0 Å². The number of nitrogens with zero attached hydrogens (tertiary/aromatic N) is 2. The molecule has 1 heterocycles. The zero-order chi connectivity index (χ0) is 10.0. The van der Waals surface area contributed by atoms with E-state index in [2.05, 4.69) is 5.10 Å². The number of ketones is 1. The van der Waals surface area contributed by atoms with Gasteiger partial charge in [0.1, 0.15) is 5.69 Å². The summed E-state index contributed by atoms with van der Waals surface area (Å²) in [6, 6.07) is 1.50. The van der Waals surface area contributed by atoms with E-state index < -0.39 is 5.97 Å². The predicted molar refractivity (Wildman–Crippen MR) is 44.6 cm³/mol. The molecule has 1 N–H and O–H groups in total. The molecule has 1 aromatic heterocycles. The first-order valence-corrected chi connectivity index (χ1v) is 3.76. The van der Waals surface area contributed by atoms with Gasteiger partial charge in [0.15, 0.2) is 5.78 Å². The zero-order valence-corrected chi connectivity index (χ0v) is 7.44. The zero-order valence-electron chi connectivity index (χ0n) is 7.44. The number of hydrogen-bond acceptors (Lipinski definition) is 3. The van der Waals surface area contributed by atoms with Crippen LogP contribution in [0.25, 0.3) is 0 Å². The Morgan fingerprint density at radius 1 is 1.62 bits per heavy atom. The predicted octanol–water partition coefficient (Wildman–Crippen LogP) is 0.250. The van der Waals surface area contributed by atoms with Crippen LogP contribution in [-0.2, 0) is 18.3 Å². The second-order valence-electron chi connectivity index (χ2n) is 2.77. The first-order valence-electron chi connectivity index (χ1n) is 3.76. The van der Waals surface area contributed by atoms with Crippen molar-refractivity contribution in [3.8, 4) is 0 Å². The van der Waals surface area contributed by atoms with Crippen LogP contribution in [0, 0.1) is 0 Å². The fourth-order valence-electron chi connectivity index (χ4n) is 0.998. The van der Waals surface area contributed by atoms with E-state index in [4.69, 9.17) is 5.11 Å². The first-order chi connectivity index (χ1) is 6.00. The first kappa shape index (κ1) is 9.44. The fraction of sp³-hybridized carbons (Fsp3) is 0.375. The molecule has 0 amide bonds. The van der Waals surface area contributed by atoms with Crippen LogP contribution in [0.4, 0.5) is 0 Å². The van der Waals surface area contributed by atoms with Gasteiger partial charge in [-0.05, 0) is 6.07 Å². The van der Waals surface area contributed by atoms with Crippen molar-refractivity contribution in [1.82, 2.24) is 9.78 Å². The molecule has 0 spiro atoms. The van der Waals surface area contributed by atoms with Gasteiger partial charge in [-0.1, -0.05) is 0 Å². The van der Waals surface area contributed by atoms with Crippen LogP contribution in [0.1, 0.15) is 23.1 Å². The maximum Gasteiger partial charge on any atom is 0.309 e. The molecule has 13 heavy (non-hydrogen) atoms. The van der Waals surface area contributed by atoms with E-state index in [1.807, 2.05) is 0 Å². The number of carboxylic acid groups (broad SMARTS) is 1. The molecule has 5 heteroatoms. The molecule has 70 valence electrons. The molecule has 0 radical (unpaired) electrons. The lowest BCUT2D eigenvalue weighted by atomic mass is 10.2. The van der Waals surface area contributed by atoms with Gasteiger partial charge in [0, 0.05) is 19.7 Å². The molecule has 0 aliphatic heterocycles. The third kappa shape index (κ3) is 2.14. The van der Waals surface area contributed by atoms with Gasteiger partial charge in [-0.3, -0.25) is 14.3 Å². The smallest absolute Gasteiger partial charge is 0.309 e. The van der Waals surface area contributed by atoms with Crippen molar-refractivity contribution in [2.45, 2.75) is 13.3 Å². The number of hydrogen-bond donors (Lipinski definition) is 1. The summed E-state index contributed by atoms with van der Waals surface area (Å²) in [7, 11) is 1.62. The van der Waals surface area contributed by atoms with Crippen molar-refractivity contribution in [3.63, 3.8) is 0 Å². The molecule has 0 saturated heterocycles. The van der Waals surface area contributed by atoms with Crippen molar-refractivity contribution in [2.24, 2.45) is 7.05 Å². The normalized spacial score (nSPS) is 10.0. The quantitative estimate of drug-likeness (QED) is 0.680. The van der Waals surface area contributed by atoms with Gasteiger partial charge in [0.2, 0.25) is 0 Å². The number of aromatic nitrogens is 2. The molecule has 5 nitrogen and oxygen atoms in total. The third-order valence-corrected chi connectivity index (χ3v) is 1.67. The number of Topliss-reactive ketones (excluding diaryl/α,β-unsaturated/α-hetero) is 1. The van der Waals surface area contributed by atoms with Gasteiger partial charge in [0.05, 0.1) is 6.42 Å². The number of carboxylic acids is 1. The van der Waals surface area contributed by atoms with Crippen molar-refractivity contribution in [3.05, 3.63) is 17.5 Å². The SMILES string of the molecule is CC(=O)c1cc(CC(=O)O)n(C)n1. The third-order valence-electron chi connectivity index (χ3n) is 1.67. The van der Waals surface area contributed by atoms with Gasteiger partial charge in [0.25, 0.3) is 0 Å². The van der Waals surface area contributed by atoms with Crippen LogP contribution in [0.3, 0.4) is 0 Å². The average Bonchev–Trinajstić information content (AvgIpc) is 2.31. The molecule has 0 aliphatic carbocycles. The number of rotatable bonds is 3. The molecule has 1 aromatic rings. The Morgan fingerprint density at radius 3 is 2.62 bits per heavy atom. The summed E-state index contributed by atoms with van der Waals surface area (Å²) in [5.74, 6) is -1.09. The number of aliphatic carboxylic acids is 1. The van der Waals surface area contributed by atoms with E-state index in [1.165, 1.54) is 17.7 Å². The number of carbonyl (C=O) groups excluding carboxylic acids is 1. The molecule has 1 rings (SSSR count). The highest BCUT2D eigenvalue weighted by Gasteiger charge is 2.10. The summed E-state index contributed by atoms with van der Waals surface area (Å²) < 4.78 is 1.41. The molecule has 0 saturated carbocycles. The van der Waals surface area contributed by atoms with E-state index in [1.54, 1.807) is 7.05 Å². The lowest BCUT2D eigenvalue weighted by Crippen LogP contribution is -2.05. The maximum absolute atomic E-state index is 10.9. The van der Waals surface area contributed by atoms with E-state index in [0.717, 1.165) is 0 Å². The van der Waals surface area contributed by atoms with Crippen LogP contribution in [0.5, 0.6) is 0 Å². The minimum Gasteiger partial charge on any atom is -0.481 e. The lowest BCUT2D eigenvalue weighted by molar-refractivity contribution is -0.136. The van der Waals surface area contributed by atoms with Crippen LogP contribution in [0.15, 0.2) is 6.07 Å². The van der Waals surface area contributed by atoms with Crippen LogP contribution in [0.2, 0.25) is 0 Å². The molecule has 0 bridgehead atoms. The second kappa shape index (κ2) is 3.38. The summed E-state index contributed by atoms with van der Waals surface area (Å²) >= 11 is 0. The van der Waals surface area contributed by atoms with E-state index in [-0.39, 0.29) is 12.2 Å². The maximum atomic E-state index is 10.9. The monoisotopic (exact) mass is 182 g/mol. The molecule has 0 atom stereocenters. The topological polar surface area (TPSA) is 72.2 Å². The lowest BCUT2D eigenvalue weighted by Gasteiger charge is -1.94. The van der Waals surface area contributed by atoms with Crippen molar-refractivity contribution in [1.29, 1.82) is 0 Å². The fourth-order valence-corrected chi connectivity index (χ4v) is 0.998. The summed E-state index contributed by atoms with van der Waals surface area (Å²) in [4.78, 5) is 21.2. The van der Waals surface area contributed by atoms with Gasteiger partial charge < -0.3 is 5.11 Å². The molecule has 0 fully saturated rings. The standard InChI is InChI=1S/C8H10N2O3/c1-5(11)7-3-6(4-8(12)13)10(2)9-7/h3H,4H2,1-2H3,(H,12,13). The van der Waals surface area contributed by atoms with Crippen LogP contribution in [-0.4, -0.2) is 26.6 Å². The Labute approximate surface area is 75.0 Å². The molecular formula is C8H10N2O3. The van der Waals surface area contributed by atoms with E-state index >= 15 is 0 Å². The number of carbonyl (C=O) groups is 2. The minimum atomic E-state index is -0.932. The summed E-state index contributed by atoms with van der Waals surface area (Å²) in [6.45, 7) is 1.40. The van der Waals surface area contributed by atoms with Crippen LogP contribution >= 0.6 is 0 Å². The molecule has 0 aliphatic rings. The van der Waals surface area contributed by atoms with E-state index in [0.29, 0.717) is 11.4 Å². The van der Waals surface area contributed by atoms with Crippen molar-refractivity contribution in [2.75, 3.05) is 0 Å². The average molecular weight is 182 g/mol. The Balaban J connectivity index is 2.96. The Morgan fingerprint density at radius 2 is 2.23 bits per heavy atom. The highest BCUT2D eigenvalue weighted by Crippen LogP contribution is 2.04. The van der Waals surface area contributed by atoms with Gasteiger partial charge in [-0.25, -0.2) is 0 Å². The molecular weight excluding hydrogens is 172 g/mol. The van der Waals surface area contributed by atoms with Crippen LogP contribution < -0.4 is 0 Å². The van der Waals surface area contributed by atoms with Gasteiger partial charge >= 0.3 is 5.97 Å². The molecule has 0 aromatic carbocycles. The minimum absolute atomic E-state index is 0.114. The van der Waals surface area contributed by atoms with E-state index in [9.17, 15) is 9.59 Å². The highest BCUT2D eigenvalue weighted by molar-refractivity contribution is 5.92. The Kier molecular flexibility index (Phi) is 2.46. The summed E-state index contributed by atoms with van der Waals surface area (Å²) in [5.41, 5.74) is 0.830. The summed E-state index contributed by atoms with van der Waals surface area (Å²) in [6.07, 6.45) is -0.114. The van der Waals surface area contributed by atoms with Crippen molar-refractivity contribution < 1.29 is 14.7 Å².